The van der Waals surface area contributed by atoms with E-state index in [-0.39, 0.29) is 17.9 Å². The van der Waals surface area contributed by atoms with Gasteiger partial charge in [0.15, 0.2) is 9.84 Å². The highest BCUT2D eigenvalue weighted by atomic mass is 32.2. The van der Waals surface area contributed by atoms with Crippen molar-refractivity contribution in [2.24, 2.45) is 0 Å². The summed E-state index contributed by atoms with van der Waals surface area (Å²) in [4.78, 5) is 39.2. The van der Waals surface area contributed by atoms with E-state index < -0.39 is 51.1 Å². The minimum atomic E-state index is -3.22. The van der Waals surface area contributed by atoms with Crippen molar-refractivity contribution in [2.45, 2.75) is 50.6 Å². The molecular formula is C20H26FN3O5S. The van der Waals surface area contributed by atoms with E-state index in [0.29, 0.717) is 18.4 Å². The van der Waals surface area contributed by atoms with Gasteiger partial charge in [-0.25, -0.2) is 17.6 Å². The highest BCUT2D eigenvalue weighted by Crippen LogP contribution is 2.34. The average Bonchev–Trinajstić information content (AvgIpc) is 3.07. The second-order valence-corrected chi connectivity index (χ2v) is 10.5. The van der Waals surface area contributed by atoms with Crippen molar-refractivity contribution < 1.29 is 27.2 Å². The molecule has 1 aromatic rings. The molecule has 2 fully saturated rings. The molecule has 3 rings (SSSR count). The van der Waals surface area contributed by atoms with Gasteiger partial charge in [0.1, 0.15) is 17.9 Å². The second kappa shape index (κ2) is 7.98. The molecule has 30 heavy (non-hydrogen) atoms. The molecule has 4 amide bonds. The summed E-state index contributed by atoms with van der Waals surface area (Å²) in [6.07, 6.45) is 2.00. The minimum absolute atomic E-state index is 0.0163. The second-order valence-electron chi connectivity index (χ2n) is 8.29. The zero-order chi connectivity index (χ0) is 22.2. The molecule has 2 aliphatic heterocycles. The van der Waals surface area contributed by atoms with E-state index in [0.717, 1.165) is 11.3 Å². The predicted octanol–water partition coefficient (Wildman–Crippen LogP) is 1.46. The summed E-state index contributed by atoms with van der Waals surface area (Å²) >= 11 is 0. The van der Waals surface area contributed by atoms with Gasteiger partial charge in [0.05, 0.1) is 17.0 Å². The number of urea groups is 1. The zero-order valence-electron chi connectivity index (χ0n) is 17.0. The van der Waals surface area contributed by atoms with Crippen LogP contribution in [0.4, 0.5) is 9.18 Å². The van der Waals surface area contributed by atoms with Crippen LogP contribution < -0.4 is 10.6 Å². The maximum Gasteiger partial charge on any atom is 0.325 e. The average molecular weight is 440 g/mol. The number of imide groups is 1. The number of carbonyl (C=O) groups is 3. The Morgan fingerprint density at radius 3 is 2.50 bits per heavy atom. The number of nitrogens with one attached hydrogen (secondary N) is 2. The molecule has 8 nitrogen and oxygen atoms in total. The third kappa shape index (κ3) is 4.33. The van der Waals surface area contributed by atoms with Gasteiger partial charge in [-0.2, -0.15) is 0 Å². The van der Waals surface area contributed by atoms with Crippen LogP contribution in [0.1, 0.15) is 45.1 Å². The summed E-state index contributed by atoms with van der Waals surface area (Å²) in [5.74, 6) is -1.84. The number of unbranched alkanes of at least 4 members (excludes halogenated alkanes) is 1. The van der Waals surface area contributed by atoms with Gasteiger partial charge in [-0.15, -0.1) is 0 Å². The van der Waals surface area contributed by atoms with Gasteiger partial charge in [-0.3, -0.25) is 14.5 Å². The largest absolute Gasteiger partial charge is 0.348 e. The molecular weight excluding hydrogens is 413 g/mol. The Labute approximate surface area is 175 Å². The van der Waals surface area contributed by atoms with Crippen LogP contribution in [0.5, 0.6) is 0 Å². The van der Waals surface area contributed by atoms with Crippen LogP contribution >= 0.6 is 0 Å². The van der Waals surface area contributed by atoms with E-state index in [9.17, 15) is 27.2 Å². The molecule has 0 aliphatic carbocycles. The first-order valence-electron chi connectivity index (χ1n) is 9.92. The summed E-state index contributed by atoms with van der Waals surface area (Å²) in [6, 6.07) is 4.65. The number of carbonyl (C=O) groups excluding carboxylic acids is 3. The first-order valence-corrected chi connectivity index (χ1v) is 11.7. The number of sulfone groups is 1. The molecule has 164 valence electrons. The van der Waals surface area contributed by atoms with E-state index in [2.05, 4.69) is 10.6 Å². The van der Waals surface area contributed by atoms with Gasteiger partial charge in [-0.05, 0) is 37.5 Å². The molecule has 0 unspecified atom stereocenters. The van der Waals surface area contributed by atoms with Crippen LogP contribution in [-0.4, -0.2) is 54.8 Å². The molecule has 0 aromatic heterocycles. The molecule has 0 saturated carbocycles. The van der Waals surface area contributed by atoms with E-state index in [1.807, 2.05) is 6.92 Å². The topological polar surface area (TPSA) is 113 Å². The van der Waals surface area contributed by atoms with Gasteiger partial charge in [-0.1, -0.05) is 31.9 Å². The SMILES string of the molecule is CCCC[C@@]1(c2ccc(F)cc2)NC(=O)N(CC(=O)N[C@@]2(C)CCS(=O)(=O)C2)C1=O. The summed E-state index contributed by atoms with van der Waals surface area (Å²) in [5.41, 5.74) is -1.83. The summed E-state index contributed by atoms with van der Waals surface area (Å²) < 4.78 is 36.9. The van der Waals surface area contributed by atoms with Gasteiger partial charge in [0.2, 0.25) is 5.91 Å². The molecule has 0 spiro atoms. The van der Waals surface area contributed by atoms with Crippen molar-refractivity contribution in [3.05, 3.63) is 35.6 Å². The maximum atomic E-state index is 13.4. The molecule has 2 N–H and O–H groups in total. The van der Waals surface area contributed by atoms with Crippen molar-refractivity contribution in [1.29, 1.82) is 0 Å². The minimum Gasteiger partial charge on any atom is -0.348 e. The molecule has 2 heterocycles. The van der Waals surface area contributed by atoms with Crippen molar-refractivity contribution >= 4 is 27.7 Å². The van der Waals surface area contributed by atoms with Crippen molar-refractivity contribution in [3.63, 3.8) is 0 Å². The number of hydrogen-bond donors (Lipinski definition) is 2. The lowest BCUT2D eigenvalue weighted by Crippen LogP contribution is -2.51. The Kier molecular flexibility index (Phi) is 5.90. The number of benzene rings is 1. The molecule has 10 heteroatoms. The Bertz CT molecular complexity index is 965. The molecule has 0 radical (unpaired) electrons. The Balaban J connectivity index is 1.79. The van der Waals surface area contributed by atoms with Crippen LogP contribution in [-0.2, 0) is 25.0 Å². The van der Waals surface area contributed by atoms with E-state index >= 15 is 0 Å². The maximum absolute atomic E-state index is 13.4. The predicted molar refractivity (Wildman–Crippen MR) is 108 cm³/mol. The number of amides is 4. The van der Waals surface area contributed by atoms with Crippen LogP contribution in [0.3, 0.4) is 0 Å². The summed E-state index contributed by atoms with van der Waals surface area (Å²) in [6.45, 7) is 3.06. The lowest BCUT2D eigenvalue weighted by molar-refractivity contribution is -0.136. The van der Waals surface area contributed by atoms with E-state index in [4.69, 9.17) is 0 Å². The fourth-order valence-electron chi connectivity index (χ4n) is 4.08. The molecule has 1 aromatic carbocycles. The monoisotopic (exact) mass is 439 g/mol. The van der Waals surface area contributed by atoms with Crippen molar-refractivity contribution in [1.82, 2.24) is 15.5 Å². The van der Waals surface area contributed by atoms with Crippen LogP contribution in [0.15, 0.2) is 24.3 Å². The number of nitrogens with zero attached hydrogens (tertiary/aromatic N) is 1. The number of hydrogen-bond acceptors (Lipinski definition) is 5. The Morgan fingerprint density at radius 2 is 1.93 bits per heavy atom. The lowest BCUT2D eigenvalue weighted by Gasteiger charge is -2.28. The third-order valence-corrected chi connectivity index (χ3v) is 7.57. The van der Waals surface area contributed by atoms with Crippen molar-refractivity contribution in [2.75, 3.05) is 18.1 Å². The van der Waals surface area contributed by atoms with Gasteiger partial charge in [0.25, 0.3) is 5.91 Å². The normalized spacial score (nSPS) is 27.9. The first kappa shape index (κ1) is 22.2. The van der Waals surface area contributed by atoms with Crippen molar-refractivity contribution in [3.8, 4) is 0 Å². The number of halogens is 1. The van der Waals surface area contributed by atoms with E-state index in [1.54, 1.807) is 6.92 Å². The molecule has 0 bridgehead atoms. The molecule has 2 atom stereocenters. The van der Waals surface area contributed by atoms with Gasteiger partial charge < -0.3 is 10.6 Å². The van der Waals surface area contributed by atoms with Gasteiger partial charge in [0, 0.05) is 0 Å². The zero-order valence-corrected chi connectivity index (χ0v) is 17.9. The standard InChI is InChI=1S/C20H26FN3O5S/c1-3-4-9-20(14-5-7-15(21)8-6-14)17(26)24(18(27)23-20)12-16(25)22-19(2)10-11-30(28,29)13-19/h5-8H,3-4,9-13H2,1-2H3,(H,22,25)(H,23,27)/t19-,20-/m0/s1. The molecule has 2 aliphatic rings. The first-order chi connectivity index (χ1) is 14.0. The highest BCUT2D eigenvalue weighted by molar-refractivity contribution is 7.91. The quantitative estimate of drug-likeness (QED) is 0.625. The van der Waals surface area contributed by atoms with E-state index in [1.165, 1.54) is 24.3 Å². The van der Waals surface area contributed by atoms with Crippen LogP contribution in [0.2, 0.25) is 0 Å². The number of rotatable bonds is 7. The molecule has 2 saturated heterocycles. The summed E-state index contributed by atoms with van der Waals surface area (Å²) in [7, 11) is -3.22. The Hall–Kier alpha value is -2.49. The fraction of sp³-hybridized carbons (Fsp3) is 0.550. The fourth-order valence-corrected chi connectivity index (χ4v) is 6.18. The van der Waals surface area contributed by atoms with Gasteiger partial charge >= 0.3 is 6.03 Å². The third-order valence-electron chi connectivity index (χ3n) is 5.66. The van der Waals surface area contributed by atoms with Crippen LogP contribution in [0, 0.1) is 5.82 Å². The lowest BCUT2D eigenvalue weighted by atomic mass is 9.85. The Morgan fingerprint density at radius 1 is 1.27 bits per heavy atom. The smallest absolute Gasteiger partial charge is 0.325 e. The summed E-state index contributed by atoms with van der Waals surface area (Å²) in [5, 5.41) is 5.35. The van der Waals surface area contributed by atoms with Crippen LogP contribution in [0.25, 0.3) is 0 Å². The highest BCUT2D eigenvalue weighted by Gasteiger charge is 2.52.